The first kappa shape index (κ1) is 21.7. The van der Waals surface area contributed by atoms with Crippen molar-refractivity contribution in [2.24, 2.45) is 5.10 Å². The Morgan fingerprint density at radius 2 is 1.94 bits per heavy atom. The molecule has 31 heavy (non-hydrogen) atoms. The summed E-state index contributed by atoms with van der Waals surface area (Å²) < 4.78 is 20.6. The SMILES string of the molecule is N#Cc1ccc(C(=O)NN=Cc2cc(Br)ccc2OCc2ccccc2C#N)c(F)c1. The number of amides is 1. The smallest absolute Gasteiger partial charge is 0.274 e. The molecule has 8 heteroatoms. The summed E-state index contributed by atoms with van der Waals surface area (Å²) in [7, 11) is 0. The molecule has 1 amide bonds. The Kier molecular flexibility index (Phi) is 7.10. The van der Waals surface area contributed by atoms with Crippen LogP contribution in [-0.2, 0) is 6.61 Å². The molecule has 152 valence electrons. The van der Waals surface area contributed by atoms with Crippen LogP contribution in [0.5, 0.6) is 5.75 Å². The lowest BCUT2D eigenvalue weighted by Crippen LogP contribution is -2.19. The molecular formula is C23H14BrFN4O2. The maximum absolute atomic E-state index is 14.0. The van der Waals surface area contributed by atoms with E-state index in [1.165, 1.54) is 18.3 Å². The zero-order valence-electron chi connectivity index (χ0n) is 16.0. The van der Waals surface area contributed by atoms with Crippen LogP contribution >= 0.6 is 15.9 Å². The van der Waals surface area contributed by atoms with E-state index < -0.39 is 11.7 Å². The summed E-state index contributed by atoms with van der Waals surface area (Å²) in [5.74, 6) is -1.08. The van der Waals surface area contributed by atoms with E-state index in [2.05, 4.69) is 32.5 Å². The maximum Gasteiger partial charge on any atom is 0.274 e. The molecule has 0 aromatic heterocycles. The molecule has 0 saturated carbocycles. The van der Waals surface area contributed by atoms with E-state index in [1.54, 1.807) is 42.5 Å². The molecule has 3 aromatic carbocycles. The number of hydrogen-bond acceptors (Lipinski definition) is 5. The first-order valence-corrected chi connectivity index (χ1v) is 9.74. The summed E-state index contributed by atoms with van der Waals surface area (Å²) in [6.45, 7) is 0.176. The standard InChI is InChI=1S/C23H14BrFN4O2/c24-19-6-8-22(31-14-17-4-2-1-3-16(17)12-27)18(10-19)13-28-29-23(30)20-7-5-15(11-26)9-21(20)25/h1-10,13H,14H2,(H,29,30). The summed E-state index contributed by atoms with van der Waals surface area (Å²) in [6.07, 6.45) is 1.37. The van der Waals surface area contributed by atoms with E-state index >= 15 is 0 Å². The summed E-state index contributed by atoms with van der Waals surface area (Å²) in [4.78, 5) is 12.2. The van der Waals surface area contributed by atoms with Crippen molar-refractivity contribution in [1.29, 1.82) is 10.5 Å². The summed E-state index contributed by atoms with van der Waals surface area (Å²) in [6, 6.07) is 19.8. The van der Waals surface area contributed by atoms with Crippen LogP contribution in [0.1, 0.15) is 32.6 Å². The number of hydrogen-bond donors (Lipinski definition) is 1. The lowest BCUT2D eigenvalue weighted by atomic mass is 10.1. The summed E-state index contributed by atoms with van der Waals surface area (Å²) in [5, 5.41) is 21.9. The highest BCUT2D eigenvalue weighted by Gasteiger charge is 2.12. The first-order valence-electron chi connectivity index (χ1n) is 8.95. The maximum atomic E-state index is 14.0. The Labute approximate surface area is 186 Å². The van der Waals surface area contributed by atoms with Gasteiger partial charge in [0.15, 0.2) is 0 Å². The van der Waals surface area contributed by atoms with Gasteiger partial charge in [0.2, 0.25) is 0 Å². The zero-order valence-corrected chi connectivity index (χ0v) is 17.6. The number of carbonyl (C=O) groups is 1. The fourth-order valence-corrected chi connectivity index (χ4v) is 3.03. The van der Waals surface area contributed by atoms with Crippen molar-refractivity contribution in [1.82, 2.24) is 5.43 Å². The molecule has 0 bridgehead atoms. The number of hydrazone groups is 1. The fourth-order valence-electron chi connectivity index (χ4n) is 2.65. The highest BCUT2D eigenvalue weighted by atomic mass is 79.9. The van der Waals surface area contributed by atoms with Crippen molar-refractivity contribution in [3.05, 3.63) is 98.8 Å². The van der Waals surface area contributed by atoms with E-state index in [0.29, 0.717) is 16.9 Å². The van der Waals surface area contributed by atoms with E-state index in [-0.39, 0.29) is 17.7 Å². The molecule has 0 radical (unpaired) electrons. The quantitative estimate of drug-likeness (QED) is 0.412. The third-order valence-corrected chi connectivity index (χ3v) is 4.70. The van der Waals surface area contributed by atoms with Crippen LogP contribution in [0.25, 0.3) is 0 Å². The van der Waals surface area contributed by atoms with Gasteiger partial charge in [-0.25, -0.2) is 9.82 Å². The number of nitriles is 2. The number of benzene rings is 3. The molecule has 0 aliphatic heterocycles. The number of ether oxygens (including phenoxy) is 1. The lowest BCUT2D eigenvalue weighted by molar-refractivity contribution is 0.0951. The van der Waals surface area contributed by atoms with Gasteiger partial charge in [0.25, 0.3) is 5.91 Å². The number of nitrogens with zero attached hydrogens (tertiary/aromatic N) is 3. The zero-order chi connectivity index (χ0) is 22.2. The second kappa shape index (κ2) is 10.1. The van der Waals surface area contributed by atoms with Gasteiger partial charge in [0.1, 0.15) is 18.2 Å². The minimum Gasteiger partial charge on any atom is -0.488 e. The van der Waals surface area contributed by atoms with Crippen LogP contribution in [0.15, 0.2) is 70.2 Å². The molecule has 1 N–H and O–H groups in total. The van der Waals surface area contributed by atoms with Gasteiger partial charge in [-0.1, -0.05) is 34.1 Å². The van der Waals surface area contributed by atoms with Gasteiger partial charge < -0.3 is 4.74 Å². The van der Waals surface area contributed by atoms with Crippen LogP contribution in [0.3, 0.4) is 0 Å². The Morgan fingerprint density at radius 3 is 2.68 bits per heavy atom. The normalized spacial score (nSPS) is 10.3. The van der Waals surface area contributed by atoms with Crippen molar-refractivity contribution >= 4 is 28.1 Å². The van der Waals surface area contributed by atoms with Crippen molar-refractivity contribution in [3.8, 4) is 17.9 Å². The molecule has 0 spiro atoms. The second-order valence-electron chi connectivity index (χ2n) is 6.25. The molecule has 0 aliphatic carbocycles. The van der Waals surface area contributed by atoms with E-state index in [4.69, 9.17) is 10.00 Å². The second-order valence-corrected chi connectivity index (χ2v) is 7.16. The minimum atomic E-state index is -0.811. The van der Waals surface area contributed by atoms with E-state index in [9.17, 15) is 14.4 Å². The predicted molar refractivity (Wildman–Crippen MR) is 116 cm³/mol. The Balaban J connectivity index is 1.73. The number of rotatable bonds is 6. The molecule has 0 atom stereocenters. The van der Waals surface area contributed by atoms with Crippen molar-refractivity contribution < 1.29 is 13.9 Å². The van der Waals surface area contributed by atoms with E-state index in [0.717, 1.165) is 16.1 Å². The predicted octanol–water partition coefficient (Wildman–Crippen LogP) is 4.67. The van der Waals surface area contributed by atoms with Gasteiger partial charge in [-0.15, -0.1) is 0 Å². The number of nitrogens with one attached hydrogen (secondary N) is 1. The van der Waals surface area contributed by atoms with Crippen LogP contribution in [-0.4, -0.2) is 12.1 Å². The summed E-state index contributed by atoms with van der Waals surface area (Å²) >= 11 is 3.37. The van der Waals surface area contributed by atoms with Crippen LogP contribution in [0.4, 0.5) is 4.39 Å². The van der Waals surface area contributed by atoms with Gasteiger partial charge in [-0.05, 0) is 42.5 Å². The third kappa shape index (κ3) is 5.53. The Morgan fingerprint density at radius 1 is 1.13 bits per heavy atom. The largest absolute Gasteiger partial charge is 0.488 e. The lowest BCUT2D eigenvalue weighted by Gasteiger charge is -2.10. The molecular weight excluding hydrogens is 463 g/mol. The van der Waals surface area contributed by atoms with Crippen molar-refractivity contribution in [3.63, 3.8) is 0 Å². The molecule has 0 fully saturated rings. The fraction of sp³-hybridized carbons (Fsp3) is 0.0435. The summed E-state index contributed by atoms with van der Waals surface area (Å²) in [5.41, 5.74) is 3.96. The average molecular weight is 477 g/mol. The van der Waals surface area contributed by atoms with Crippen molar-refractivity contribution in [2.45, 2.75) is 6.61 Å². The van der Waals surface area contributed by atoms with Gasteiger partial charge in [-0.2, -0.15) is 15.6 Å². The average Bonchev–Trinajstić information content (AvgIpc) is 2.78. The molecule has 0 saturated heterocycles. The Hall–Kier alpha value is -4.01. The molecule has 6 nitrogen and oxygen atoms in total. The molecule has 3 aromatic rings. The first-order chi connectivity index (χ1) is 15.0. The number of halogens is 2. The highest BCUT2D eigenvalue weighted by Crippen LogP contribution is 2.23. The van der Waals surface area contributed by atoms with Crippen molar-refractivity contribution in [2.75, 3.05) is 0 Å². The monoisotopic (exact) mass is 476 g/mol. The highest BCUT2D eigenvalue weighted by molar-refractivity contribution is 9.10. The third-order valence-electron chi connectivity index (χ3n) is 4.21. The van der Waals surface area contributed by atoms with Gasteiger partial charge in [0, 0.05) is 15.6 Å². The van der Waals surface area contributed by atoms with Crippen LogP contribution < -0.4 is 10.2 Å². The minimum absolute atomic E-state index is 0.117. The molecule has 0 unspecified atom stereocenters. The molecule has 0 heterocycles. The Bertz CT molecular complexity index is 1250. The van der Waals surface area contributed by atoms with Crippen LogP contribution in [0.2, 0.25) is 0 Å². The van der Waals surface area contributed by atoms with Gasteiger partial charge >= 0.3 is 0 Å². The number of carbonyl (C=O) groups excluding carboxylic acids is 1. The molecule has 3 rings (SSSR count). The van der Waals surface area contributed by atoms with Gasteiger partial charge in [-0.3, -0.25) is 4.79 Å². The topological polar surface area (TPSA) is 98.3 Å². The van der Waals surface area contributed by atoms with Crippen LogP contribution in [0, 0.1) is 28.5 Å². The van der Waals surface area contributed by atoms with E-state index in [1.807, 2.05) is 6.07 Å². The molecule has 0 aliphatic rings. The van der Waals surface area contributed by atoms with Gasteiger partial charge in [0.05, 0.1) is 35.0 Å².